The van der Waals surface area contributed by atoms with Crippen LogP contribution in [-0.2, 0) is 10.0 Å². The van der Waals surface area contributed by atoms with Gasteiger partial charge < -0.3 is 5.32 Å². The predicted octanol–water partition coefficient (Wildman–Crippen LogP) is 1.53. The number of hydrogen-bond acceptors (Lipinski definition) is 4. The highest BCUT2D eigenvalue weighted by atomic mass is 32.2. The molecule has 6 heteroatoms. The van der Waals surface area contributed by atoms with Gasteiger partial charge in [-0.1, -0.05) is 6.92 Å². The zero-order valence-corrected chi connectivity index (χ0v) is 13.5. The summed E-state index contributed by atoms with van der Waals surface area (Å²) < 4.78 is 26.6. The summed E-state index contributed by atoms with van der Waals surface area (Å²) in [5.74, 6) is 0.890. The van der Waals surface area contributed by atoms with Crippen LogP contribution in [0.25, 0.3) is 0 Å². The van der Waals surface area contributed by atoms with Gasteiger partial charge in [-0.3, -0.25) is 0 Å². The van der Waals surface area contributed by atoms with Crippen LogP contribution in [0.1, 0.15) is 34.1 Å². The van der Waals surface area contributed by atoms with Crippen LogP contribution < -0.4 is 5.32 Å². The van der Waals surface area contributed by atoms with Gasteiger partial charge in [0.25, 0.3) is 0 Å². The molecule has 1 unspecified atom stereocenters. The topological polar surface area (TPSA) is 49.4 Å². The molecule has 0 amide bonds. The minimum absolute atomic E-state index is 0.0296. The van der Waals surface area contributed by atoms with E-state index in [0.717, 1.165) is 18.7 Å². The number of thioether (sulfide) groups is 1. The first-order chi connectivity index (χ1) is 8.29. The Labute approximate surface area is 116 Å². The molecule has 0 bridgehead atoms. The van der Waals surface area contributed by atoms with E-state index in [1.54, 1.807) is 11.2 Å². The number of sulfonamides is 1. The number of nitrogens with one attached hydrogen (secondary N) is 1. The molecule has 108 valence electrons. The molecule has 1 atom stereocenters. The summed E-state index contributed by atoms with van der Waals surface area (Å²) in [6, 6.07) is 0. The van der Waals surface area contributed by atoms with E-state index in [4.69, 9.17) is 0 Å². The molecule has 18 heavy (non-hydrogen) atoms. The Bertz CT molecular complexity index is 355. The second kappa shape index (κ2) is 6.59. The molecule has 1 fully saturated rings. The SMILES string of the molecule is CCCNCC(C)S(=O)(=O)N1CCSC(C)(C)C1. The normalized spacial score (nSPS) is 22.9. The van der Waals surface area contributed by atoms with Crippen LogP contribution in [0.15, 0.2) is 0 Å². The van der Waals surface area contributed by atoms with E-state index in [0.29, 0.717) is 19.6 Å². The summed E-state index contributed by atoms with van der Waals surface area (Å²) in [4.78, 5) is 0. The van der Waals surface area contributed by atoms with Crippen molar-refractivity contribution >= 4 is 21.8 Å². The molecule has 4 nitrogen and oxygen atoms in total. The van der Waals surface area contributed by atoms with Gasteiger partial charge in [0, 0.05) is 30.1 Å². The van der Waals surface area contributed by atoms with Gasteiger partial charge in [0.1, 0.15) is 0 Å². The maximum absolute atomic E-state index is 12.4. The lowest BCUT2D eigenvalue weighted by Crippen LogP contribution is -2.50. The van der Waals surface area contributed by atoms with Gasteiger partial charge in [0.2, 0.25) is 10.0 Å². The Hall–Kier alpha value is 0.220. The van der Waals surface area contributed by atoms with Crippen LogP contribution in [0.4, 0.5) is 0 Å². The summed E-state index contributed by atoms with van der Waals surface area (Å²) in [5, 5.41) is 2.85. The summed E-state index contributed by atoms with van der Waals surface area (Å²) >= 11 is 1.85. The molecule has 1 saturated heterocycles. The molecule has 1 aliphatic rings. The minimum Gasteiger partial charge on any atom is -0.315 e. The van der Waals surface area contributed by atoms with Crippen LogP contribution >= 0.6 is 11.8 Å². The van der Waals surface area contributed by atoms with Crippen LogP contribution in [0, 0.1) is 0 Å². The van der Waals surface area contributed by atoms with Crippen molar-refractivity contribution in [3.8, 4) is 0 Å². The average molecular weight is 294 g/mol. The Morgan fingerprint density at radius 1 is 1.44 bits per heavy atom. The van der Waals surface area contributed by atoms with E-state index in [1.807, 2.05) is 11.8 Å². The summed E-state index contributed by atoms with van der Waals surface area (Å²) in [5.41, 5.74) is 0. The fourth-order valence-corrected chi connectivity index (χ4v) is 5.03. The Balaban J connectivity index is 2.62. The van der Waals surface area contributed by atoms with Gasteiger partial charge in [0.05, 0.1) is 5.25 Å². The molecule has 0 aromatic heterocycles. The summed E-state index contributed by atoms with van der Waals surface area (Å²) in [7, 11) is -3.16. The zero-order chi connectivity index (χ0) is 13.8. The smallest absolute Gasteiger partial charge is 0.218 e. The number of nitrogens with zero attached hydrogens (tertiary/aromatic N) is 1. The van der Waals surface area contributed by atoms with Crippen molar-refractivity contribution in [1.82, 2.24) is 9.62 Å². The monoisotopic (exact) mass is 294 g/mol. The fourth-order valence-electron chi connectivity index (χ4n) is 2.03. The van der Waals surface area contributed by atoms with Crippen molar-refractivity contribution in [2.45, 2.75) is 44.1 Å². The second-order valence-corrected chi connectivity index (χ2v) is 9.65. The van der Waals surface area contributed by atoms with Crippen molar-refractivity contribution in [3.63, 3.8) is 0 Å². The van der Waals surface area contributed by atoms with Crippen LogP contribution in [0.2, 0.25) is 0 Å². The first-order valence-corrected chi connectivity index (χ1v) is 9.12. The third-order valence-electron chi connectivity index (χ3n) is 3.12. The molecule has 0 radical (unpaired) electrons. The van der Waals surface area contributed by atoms with Crippen molar-refractivity contribution in [3.05, 3.63) is 0 Å². The molecule has 0 saturated carbocycles. The van der Waals surface area contributed by atoms with Gasteiger partial charge in [0.15, 0.2) is 0 Å². The van der Waals surface area contributed by atoms with E-state index in [9.17, 15) is 8.42 Å². The number of hydrogen-bond donors (Lipinski definition) is 1. The predicted molar refractivity (Wildman–Crippen MR) is 79.7 cm³/mol. The quantitative estimate of drug-likeness (QED) is 0.755. The minimum atomic E-state index is -3.16. The Kier molecular flexibility index (Phi) is 5.96. The highest BCUT2D eigenvalue weighted by Gasteiger charge is 2.36. The van der Waals surface area contributed by atoms with Crippen LogP contribution in [0.3, 0.4) is 0 Å². The molecular formula is C12H26N2O2S2. The van der Waals surface area contributed by atoms with E-state index < -0.39 is 10.0 Å². The lowest BCUT2D eigenvalue weighted by molar-refractivity contribution is 0.381. The molecule has 1 rings (SSSR count). The molecule has 0 aromatic carbocycles. The molecular weight excluding hydrogens is 268 g/mol. The van der Waals surface area contributed by atoms with Crippen molar-refractivity contribution < 1.29 is 8.42 Å². The first kappa shape index (κ1) is 16.3. The third-order valence-corrected chi connectivity index (χ3v) is 6.63. The van der Waals surface area contributed by atoms with Gasteiger partial charge in [-0.2, -0.15) is 16.1 Å². The summed E-state index contributed by atoms with van der Waals surface area (Å²) in [6.07, 6.45) is 1.03. The molecule has 1 N–H and O–H groups in total. The van der Waals surface area contributed by atoms with Gasteiger partial charge in [-0.25, -0.2) is 8.42 Å². The maximum Gasteiger partial charge on any atom is 0.218 e. The van der Waals surface area contributed by atoms with E-state index >= 15 is 0 Å². The maximum atomic E-state index is 12.4. The highest BCUT2D eigenvalue weighted by Crippen LogP contribution is 2.31. The second-order valence-electron chi connectivity index (χ2n) is 5.50. The molecule has 1 heterocycles. The highest BCUT2D eigenvalue weighted by molar-refractivity contribution is 8.00. The first-order valence-electron chi connectivity index (χ1n) is 6.63. The van der Waals surface area contributed by atoms with E-state index in [2.05, 4.69) is 26.1 Å². The molecule has 1 aliphatic heterocycles. The Morgan fingerprint density at radius 2 is 2.11 bits per heavy atom. The standard InChI is InChI=1S/C12H26N2O2S2/c1-5-6-13-9-11(2)18(15,16)14-7-8-17-12(3,4)10-14/h11,13H,5-10H2,1-4H3. The molecule has 0 aliphatic carbocycles. The fraction of sp³-hybridized carbons (Fsp3) is 1.00. The zero-order valence-electron chi connectivity index (χ0n) is 11.9. The van der Waals surface area contributed by atoms with Crippen LogP contribution in [-0.4, -0.2) is 54.7 Å². The van der Waals surface area contributed by atoms with Crippen molar-refractivity contribution in [1.29, 1.82) is 0 Å². The lowest BCUT2D eigenvalue weighted by Gasteiger charge is -2.37. The average Bonchev–Trinajstić information content (AvgIpc) is 2.27. The molecule has 0 aromatic rings. The van der Waals surface area contributed by atoms with Gasteiger partial charge >= 0.3 is 0 Å². The van der Waals surface area contributed by atoms with Crippen molar-refractivity contribution in [2.24, 2.45) is 0 Å². The third kappa shape index (κ3) is 4.40. The van der Waals surface area contributed by atoms with Crippen LogP contribution in [0.5, 0.6) is 0 Å². The largest absolute Gasteiger partial charge is 0.315 e. The van der Waals surface area contributed by atoms with E-state index in [1.165, 1.54) is 0 Å². The molecule has 0 spiro atoms. The lowest BCUT2D eigenvalue weighted by atomic mass is 10.2. The number of rotatable bonds is 6. The van der Waals surface area contributed by atoms with E-state index in [-0.39, 0.29) is 10.00 Å². The Morgan fingerprint density at radius 3 is 2.67 bits per heavy atom. The summed E-state index contributed by atoms with van der Waals surface area (Å²) in [6.45, 7) is 10.8. The van der Waals surface area contributed by atoms with Gasteiger partial charge in [-0.05, 0) is 33.7 Å². The van der Waals surface area contributed by atoms with Gasteiger partial charge in [-0.15, -0.1) is 0 Å². The van der Waals surface area contributed by atoms with Crippen molar-refractivity contribution in [2.75, 3.05) is 31.9 Å².